The maximum atomic E-state index is 13.5. The van der Waals surface area contributed by atoms with Gasteiger partial charge in [0.05, 0.1) is 29.6 Å². The summed E-state index contributed by atoms with van der Waals surface area (Å²) in [6, 6.07) is 7.19. The van der Waals surface area contributed by atoms with E-state index in [9.17, 15) is 19.5 Å². The van der Waals surface area contributed by atoms with E-state index in [2.05, 4.69) is 10.3 Å². The van der Waals surface area contributed by atoms with Crippen LogP contribution in [-0.4, -0.2) is 59.5 Å². The van der Waals surface area contributed by atoms with Crippen LogP contribution in [0.1, 0.15) is 35.1 Å². The second-order valence-corrected chi connectivity index (χ2v) is 9.33. The summed E-state index contributed by atoms with van der Waals surface area (Å²) in [5.41, 5.74) is 0.621. The Morgan fingerprint density at radius 1 is 1.30 bits per heavy atom. The van der Waals surface area contributed by atoms with E-state index < -0.39 is 23.3 Å². The standard InChI is InChI=1S/C21H22N6O5S/c1-11(2)27-20-17(18(29)24(3)21(27)31)16(19(30)26-8-12(28)10-32-26)15(33-20)9-25-14-7-5-4-6-13(14)22-23-25/h4-7,11-12,28H,8-10H2,1-3H3/t12-/m0/s1. The summed E-state index contributed by atoms with van der Waals surface area (Å²) < 4.78 is 4.18. The van der Waals surface area contributed by atoms with Crippen molar-refractivity contribution < 1.29 is 14.7 Å². The normalized spacial score (nSPS) is 16.5. The van der Waals surface area contributed by atoms with Crippen molar-refractivity contribution in [1.82, 2.24) is 29.2 Å². The molecule has 5 rings (SSSR count). The van der Waals surface area contributed by atoms with E-state index in [0.717, 1.165) is 15.1 Å². The van der Waals surface area contributed by atoms with Crippen LogP contribution >= 0.6 is 11.3 Å². The molecule has 12 heteroatoms. The zero-order chi connectivity index (χ0) is 23.4. The maximum absolute atomic E-state index is 13.5. The molecule has 0 bridgehead atoms. The van der Waals surface area contributed by atoms with Crippen molar-refractivity contribution in [3.8, 4) is 0 Å². The monoisotopic (exact) mass is 470 g/mol. The van der Waals surface area contributed by atoms with Crippen LogP contribution in [0, 0.1) is 0 Å². The van der Waals surface area contributed by atoms with Gasteiger partial charge in [-0.2, -0.15) is 0 Å². The lowest BCUT2D eigenvalue weighted by atomic mass is 10.1. The predicted molar refractivity (Wildman–Crippen MR) is 121 cm³/mol. The van der Waals surface area contributed by atoms with Crippen LogP contribution in [0.15, 0.2) is 33.9 Å². The molecule has 1 saturated heterocycles. The molecule has 0 aliphatic carbocycles. The molecule has 33 heavy (non-hydrogen) atoms. The van der Waals surface area contributed by atoms with E-state index >= 15 is 0 Å². The number of hydrogen-bond acceptors (Lipinski definition) is 8. The Hall–Kier alpha value is -3.35. The first-order valence-electron chi connectivity index (χ1n) is 10.5. The first-order chi connectivity index (χ1) is 15.8. The molecule has 1 amide bonds. The van der Waals surface area contributed by atoms with Gasteiger partial charge in [-0.05, 0) is 26.0 Å². The van der Waals surface area contributed by atoms with Crippen molar-refractivity contribution in [2.75, 3.05) is 13.2 Å². The molecule has 1 fully saturated rings. The molecule has 0 spiro atoms. The number of aliphatic hydroxyl groups is 1. The number of benzene rings is 1. The van der Waals surface area contributed by atoms with Gasteiger partial charge < -0.3 is 5.11 Å². The number of fused-ring (bicyclic) bond motifs is 2. The number of carbonyl (C=O) groups excluding carboxylic acids is 1. The van der Waals surface area contributed by atoms with Crippen LogP contribution in [0.25, 0.3) is 21.3 Å². The maximum Gasteiger partial charge on any atom is 0.332 e. The molecule has 0 radical (unpaired) electrons. The van der Waals surface area contributed by atoms with Crippen LogP contribution in [-0.2, 0) is 18.4 Å². The van der Waals surface area contributed by atoms with Gasteiger partial charge in [-0.15, -0.1) is 16.4 Å². The largest absolute Gasteiger partial charge is 0.389 e. The lowest BCUT2D eigenvalue weighted by Crippen LogP contribution is -2.39. The molecule has 1 aliphatic rings. The topological polar surface area (TPSA) is 124 Å². The number of hydrogen-bond donors (Lipinski definition) is 1. The van der Waals surface area contributed by atoms with E-state index in [1.807, 2.05) is 38.1 Å². The summed E-state index contributed by atoms with van der Waals surface area (Å²) in [5.74, 6) is -0.539. The second kappa shape index (κ2) is 7.90. The number of carbonyl (C=O) groups is 1. The SMILES string of the molecule is CC(C)n1c(=O)n(C)c(=O)c2c(C(=O)N3C[C@H](O)CO3)c(Cn3nnc4ccccc43)sc21. The van der Waals surface area contributed by atoms with Gasteiger partial charge >= 0.3 is 5.69 Å². The summed E-state index contributed by atoms with van der Waals surface area (Å²) in [4.78, 5) is 45.9. The smallest absolute Gasteiger partial charge is 0.332 e. The fraction of sp³-hybridized carbons (Fsp3) is 0.381. The molecule has 3 aromatic heterocycles. The van der Waals surface area contributed by atoms with Gasteiger partial charge in [0.25, 0.3) is 11.5 Å². The van der Waals surface area contributed by atoms with Crippen molar-refractivity contribution in [3.05, 3.63) is 55.5 Å². The second-order valence-electron chi connectivity index (χ2n) is 8.24. The van der Waals surface area contributed by atoms with Crippen molar-refractivity contribution in [1.29, 1.82) is 0 Å². The Labute approximate surface area is 191 Å². The summed E-state index contributed by atoms with van der Waals surface area (Å²) in [6.45, 7) is 3.85. The molecule has 4 aromatic rings. The highest BCUT2D eigenvalue weighted by molar-refractivity contribution is 7.19. The van der Waals surface area contributed by atoms with Gasteiger partial charge in [0.15, 0.2) is 0 Å². The minimum Gasteiger partial charge on any atom is -0.389 e. The highest BCUT2D eigenvalue weighted by Crippen LogP contribution is 2.32. The first kappa shape index (κ1) is 21.5. The van der Waals surface area contributed by atoms with Crippen LogP contribution in [0.4, 0.5) is 0 Å². The van der Waals surface area contributed by atoms with Crippen LogP contribution in [0.5, 0.6) is 0 Å². The van der Waals surface area contributed by atoms with Crippen molar-refractivity contribution in [2.45, 2.75) is 32.5 Å². The van der Waals surface area contributed by atoms with Crippen LogP contribution < -0.4 is 11.2 Å². The average molecular weight is 471 g/mol. The number of thiophene rings is 1. The zero-order valence-corrected chi connectivity index (χ0v) is 19.1. The molecular weight excluding hydrogens is 448 g/mol. The molecule has 1 atom stereocenters. The third-order valence-corrected chi connectivity index (χ3v) is 6.84. The molecular formula is C21H22N6O5S. The third kappa shape index (κ3) is 3.37. The number of aliphatic hydroxyl groups excluding tert-OH is 1. The average Bonchev–Trinajstić information content (AvgIpc) is 3.49. The highest BCUT2D eigenvalue weighted by Gasteiger charge is 2.33. The molecule has 11 nitrogen and oxygen atoms in total. The Morgan fingerprint density at radius 3 is 2.76 bits per heavy atom. The van der Waals surface area contributed by atoms with Gasteiger partial charge in [-0.25, -0.2) is 14.5 Å². The van der Waals surface area contributed by atoms with Gasteiger partial charge in [0.1, 0.15) is 23.1 Å². The van der Waals surface area contributed by atoms with Gasteiger partial charge in [-0.1, -0.05) is 17.3 Å². The molecule has 0 saturated carbocycles. The Kier molecular flexibility index (Phi) is 5.15. The Bertz CT molecular complexity index is 1510. The first-order valence-corrected chi connectivity index (χ1v) is 11.3. The number of β-amino-alcohol motifs (C(OH)–C–C–N with tert-alkyl or cyclic N) is 1. The molecule has 1 aliphatic heterocycles. The number of rotatable bonds is 4. The number of para-hydroxylation sites is 1. The van der Waals surface area contributed by atoms with Crippen molar-refractivity contribution in [3.63, 3.8) is 0 Å². The van der Waals surface area contributed by atoms with Gasteiger partial charge in [0.2, 0.25) is 0 Å². The van der Waals surface area contributed by atoms with Crippen molar-refractivity contribution in [2.24, 2.45) is 7.05 Å². The van der Waals surface area contributed by atoms with Gasteiger partial charge in [0, 0.05) is 18.0 Å². The van der Waals surface area contributed by atoms with Crippen molar-refractivity contribution >= 4 is 38.5 Å². The molecule has 1 N–H and O–H groups in total. The molecule has 0 unspecified atom stereocenters. The van der Waals surface area contributed by atoms with E-state index in [4.69, 9.17) is 4.84 Å². The predicted octanol–water partition coefficient (Wildman–Crippen LogP) is 0.884. The van der Waals surface area contributed by atoms with E-state index in [0.29, 0.717) is 15.2 Å². The molecule has 1 aromatic carbocycles. The van der Waals surface area contributed by atoms with E-state index in [-0.39, 0.29) is 36.7 Å². The fourth-order valence-corrected chi connectivity index (χ4v) is 5.43. The summed E-state index contributed by atoms with van der Waals surface area (Å²) in [6.07, 6.45) is -0.807. The number of hydroxylamine groups is 2. The van der Waals surface area contributed by atoms with Crippen LogP contribution in [0.2, 0.25) is 0 Å². The number of amides is 1. The summed E-state index contributed by atoms with van der Waals surface area (Å²) in [5, 5.41) is 19.5. The molecule has 172 valence electrons. The summed E-state index contributed by atoms with van der Waals surface area (Å²) >= 11 is 1.21. The number of nitrogens with zero attached hydrogens (tertiary/aromatic N) is 6. The summed E-state index contributed by atoms with van der Waals surface area (Å²) in [7, 11) is 1.40. The van der Waals surface area contributed by atoms with E-state index in [1.165, 1.54) is 23.0 Å². The number of aromatic nitrogens is 5. The quantitative estimate of drug-likeness (QED) is 0.470. The zero-order valence-electron chi connectivity index (χ0n) is 18.3. The minimum absolute atomic E-state index is 0.00793. The lowest BCUT2D eigenvalue weighted by Gasteiger charge is -2.15. The third-order valence-electron chi connectivity index (χ3n) is 5.66. The highest BCUT2D eigenvalue weighted by atomic mass is 32.1. The lowest BCUT2D eigenvalue weighted by molar-refractivity contribution is -0.0778. The van der Waals surface area contributed by atoms with Gasteiger partial charge in [-0.3, -0.25) is 23.6 Å². The van der Waals surface area contributed by atoms with E-state index in [1.54, 1.807) is 4.68 Å². The van der Waals surface area contributed by atoms with Crippen LogP contribution in [0.3, 0.4) is 0 Å². The molecule has 4 heterocycles. The fourth-order valence-electron chi connectivity index (χ4n) is 4.04. The minimum atomic E-state index is -0.807. The Balaban J connectivity index is 1.78. The Morgan fingerprint density at radius 2 is 2.06 bits per heavy atom.